The maximum absolute atomic E-state index is 13.3. The molecule has 0 bridgehead atoms. The number of carbonyl (C=O) groups is 1. The average molecular weight is 540 g/mol. The highest BCUT2D eigenvalue weighted by atomic mass is 35.5. The van der Waals surface area contributed by atoms with Crippen LogP contribution in [0.2, 0.25) is 5.02 Å². The van der Waals surface area contributed by atoms with Crippen LogP contribution in [0, 0.1) is 0 Å². The Bertz CT molecular complexity index is 1910. The van der Waals surface area contributed by atoms with Crippen molar-refractivity contribution in [3.63, 3.8) is 0 Å². The Labute approximate surface area is 227 Å². The number of nitrogens with one attached hydrogen (secondary N) is 1. The number of nitrogens with zero attached hydrogens (tertiary/aromatic N) is 4. The second kappa shape index (κ2) is 10.2. The third kappa shape index (κ3) is 4.58. The van der Waals surface area contributed by atoms with Crippen LogP contribution in [0.1, 0.15) is 5.69 Å². The molecule has 0 aliphatic heterocycles. The molecule has 0 unspecified atom stereocenters. The van der Waals surface area contributed by atoms with Crippen molar-refractivity contribution in [1.82, 2.24) is 19.3 Å². The molecule has 0 radical (unpaired) electrons. The quantitative estimate of drug-likeness (QED) is 0.312. The van der Waals surface area contributed by atoms with Crippen molar-refractivity contribution >= 4 is 44.8 Å². The van der Waals surface area contributed by atoms with E-state index in [2.05, 4.69) is 15.5 Å². The van der Waals surface area contributed by atoms with E-state index in [4.69, 9.17) is 21.1 Å². The molecule has 194 valence electrons. The summed E-state index contributed by atoms with van der Waals surface area (Å²) in [6, 6.07) is 22.4. The summed E-state index contributed by atoms with van der Waals surface area (Å²) in [5.74, 6) is 0.104. The lowest BCUT2D eigenvalue weighted by Crippen LogP contribution is -2.35. The maximum Gasteiger partial charge on any atom is 0.280 e. The molecule has 0 saturated carbocycles. The normalized spacial score (nSPS) is 11.3. The number of amides is 1. The number of aromatic nitrogens is 4. The van der Waals surface area contributed by atoms with Gasteiger partial charge >= 0.3 is 0 Å². The highest BCUT2D eigenvalue weighted by Crippen LogP contribution is 2.30. The zero-order chi connectivity index (χ0) is 26.9. The number of halogens is 1. The van der Waals surface area contributed by atoms with E-state index in [1.165, 1.54) is 12.4 Å². The average Bonchev–Trinajstić information content (AvgIpc) is 3.32. The molecule has 10 heteroatoms. The molecule has 9 nitrogen and oxygen atoms in total. The summed E-state index contributed by atoms with van der Waals surface area (Å²) in [6.45, 7) is -0.00755. The minimum atomic E-state index is -0.482. The minimum absolute atomic E-state index is 0.257. The van der Waals surface area contributed by atoms with Gasteiger partial charge in [-0.2, -0.15) is 5.10 Å². The van der Waals surface area contributed by atoms with Crippen molar-refractivity contribution in [2.45, 2.75) is 6.61 Å². The molecule has 39 heavy (non-hydrogen) atoms. The fourth-order valence-electron chi connectivity index (χ4n) is 4.58. The topological polar surface area (TPSA) is 99.8 Å². The van der Waals surface area contributed by atoms with Crippen LogP contribution in [-0.4, -0.2) is 38.9 Å². The Morgan fingerprint density at radius 3 is 2.62 bits per heavy atom. The summed E-state index contributed by atoms with van der Waals surface area (Å²) >= 11 is 6.08. The Morgan fingerprint density at radius 2 is 1.79 bits per heavy atom. The molecule has 3 heterocycles. The molecular weight excluding hydrogens is 518 g/mol. The van der Waals surface area contributed by atoms with Gasteiger partial charge < -0.3 is 9.47 Å². The molecule has 0 aliphatic carbocycles. The van der Waals surface area contributed by atoms with E-state index in [9.17, 15) is 9.59 Å². The van der Waals surface area contributed by atoms with Gasteiger partial charge in [0.1, 0.15) is 5.75 Å². The van der Waals surface area contributed by atoms with Crippen LogP contribution in [0.3, 0.4) is 0 Å². The minimum Gasteiger partial charge on any atom is -0.483 e. The highest BCUT2D eigenvalue weighted by Gasteiger charge is 2.19. The second-order valence-corrected chi connectivity index (χ2v) is 9.28. The van der Waals surface area contributed by atoms with Crippen molar-refractivity contribution in [2.24, 2.45) is 0 Å². The lowest BCUT2D eigenvalue weighted by atomic mass is 10.1. The van der Waals surface area contributed by atoms with Gasteiger partial charge in [-0.25, -0.2) is 14.2 Å². The lowest BCUT2D eigenvalue weighted by Gasteiger charge is -2.12. The number of fused-ring (bicyclic) bond motifs is 4. The molecule has 1 amide bonds. The first-order valence-corrected chi connectivity index (χ1v) is 12.5. The molecule has 3 aromatic heterocycles. The van der Waals surface area contributed by atoms with E-state index >= 15 is 0 Å². The summed E-state index contributed by atoms with van der Waals surface area (Å²) in [4.78, 5) is 30.5. The maximum atomic E-state index is 13.3. The Morgan fingerprint density at radius 1 is 1.00 bits per heavy atom. The van der Waals surface area contributed by atoms with E-state index in [1.54, 1.807) is 35.9 Å². The summed E-state index contributed by atoms with van der Waals surface area (Å²) in [5, 5.41) is 7.50. The molecule has 0 aliphatic rings. The van der Waals surface area contributed by atoms with Gasteiger partial charge in [-0.15, -0.1) is 0 Å². The third-order valence-electron chi connectivity index (χ3n) is 6.35. The Balaban J connectivity index is 1.30. The van der Waals surface area contributed by atoms with Gasteiger partial charge in [0, 0.05) is 29.9 Å². The van der Waals surface area contributed by atoms with E-state index in [1.807, 2.05) is 48.5 Å². The smallest absolute Gasteiger partial charge is 0.280 e. The molecule has 6 rings (SSSR count). The summed E-state index contributed by atoms with van der Waals surface area (Å²) in [6.07, 6.45) is 2.97. The van der Waals surface area contributed by atoms with Crippen LogP contribution in [0.25, 0.3) is 38.4 Å². The van der Waals surface area contributed by atoms with Gasteiger partial charge in [0.2, 0.25) is 0 Å². The molecule has 0 spiro atoms. The van der Waals surface area contributed by atoms with E-state index in [0.717, 1.165) is 26.6 Å². The fourth-order valence-corrected chi connectivity index (χ4v) is 4.71. The summed E-state index contributed by atoms with van der Waals surface area (Å²) in [7, 11) is 1.59. The zero-order valence-electron chi connectivity index (χ0n) is 20.8. The molecule has 0 fully saturated rings. The molecule has 1 N–H and O–H groups in total. The van der Waals surface area contributed by atoms with Gasteiger partial charge in [-0.3, -0.25) is 15.0 Å². The summed E-state index contributed by atoms with van der Waals surface area (Å²) in [5.41, 5.74) is 5.59. The van der Waals surface area contributed by atoms with E-state index in [-0.39, 0.29) is 18.6 Å². The van der Waals surface area contributed by atoms with Gasteiger partial charge in [0.25, 0.3) is 11.5 Å². The van der Waals surface area contributed by atoms with Crippen molar-refractivity contribution in [3.05, 3.63) is 106 Å². The number of hydrogen-bond donors (Lipinski definition) is 1. The van der Waals surface area contributed by atoms with Gasteiger partial charge in [-0.1, -0.05) is 60.1 Å². The number of benzene rings is 3. The molecule has 6 aromatic rings. The largest absolute Gasteiger partial charge is 0.483 e. The van der Waals surface area contributed by atoms with Gasteiger partial charge in [0.05, 0.1) is 28.8 Å². The predicted octanol–water partition coefficient (Wildman–Crippen LogP) is 4.81. The number of hydrogen-bond acceptors (Lipinski definition) is 6. The van der Waals surface area contributed by atoms with Crippen LogP contribution >= 0.6 is 11.6 Å². The van der Waals surface area contributed by atoms with Crippen LogP contribution in [0.4, 0.5) is 0 Å². The molecule has 3 aromatic carbocycles. The standard InChI is InChI=1S/C29H22ClN5O4/c1-38-16-23-27(19-9-11-20(30)12-10-19)28-31-15-22-24(35(28)32-23)13-14-34(29(22)37)33-26(36)17-39-25-8-4-6-18-5-2-3-7-21(18)25/h2-15H,16-17H2,1H3,(H,33,36). The number of pyridine rings is 1. The highest BCUT2D eigenvalue weighted by molar-refractivity contribution is 6.30. The number of methoxy groups -OCH3 is 1. The number of rotatable bonds is 7. The second-order valence-electron chi connectivity index (χ2n) is 8.85. The zero-order valence-corrected chi connectivity index (χ0v) is 21.6. The predicted molar refractivity (Wildman–Crippen MR) is 150 cm³/mol. The lowest BCUT2D eigenvalue weighted by molar-refractivity contribution is -0.119. The van der Waals surface area contributed by atoms with Crippen LogP contribution in [0.15, 0.2) is 90.0 Å². The third-order valence-corrected chi connectivity index (χ3v) is 6.60. The first-order chi connectivity index (χ1) is 19.0. The van der Waals surface area contributed by atoms with E-state index < -0.39 is 11.5 Å². The van der Waals surface area contributed by atoms with Gasteiger partial charge in [-0.05, 0) is 35.2 Å². The van der Waals surface area contributed by atoms with Crippen LogP contribution in [-0.2, 0) is 16.1 Å². The van der Waals surface area contributed by atoms with Crippen molar-refractivity contribution < 1.29 is 14.3 Å². The van der Waals surface area contributed by atoms with E-state index in [0.29, 0.717) is 27.6 Å². The van der Waals surface area contributed by atoms with Crippen molar-refractivity contribution in [1.29, 1.82) is 0 Å². The number of ether oxygens (including phenoxy) is 2. The Hall–Kier alpha value is -4.73. The number of carbonyl (C=O) groups excluding carboxylic acids is 1. The van der Waals surface area contributed by atoms with Crippen LogP contribution in [0.5, 0.6) is 5.75 Å². The van der Waals surface area contributed by atoms with Gasteiger partial charge in [0.15, 0.2) is 12.3 Å². The molecule has 0 atom stereocenters. The Kier molecular flexibility index (Phi) is 6.44. The SMILES string of the molecule is COCc1nn2c(ncc3c(=O)n(NC(=O)COc4cccc5ccccc45)ccc32)c1-c1ccc(Cl)cc1. The van der Waals surface area contributed by atoms with Crippen LogP contribution < -0.4 is 15.7 Å². The molecule has 0 saturated heterocycles. The first-order valence-electron chi connectivity index (χ1n) is 12.1. The van der Waals surface area contributed by atoms with Crippen molar-refractivity contribution in [2.75, 3.05) is 19.1 Å². The molecular formula is C29H22ClN5O4. The fraction of sp³-hybridized carbons (Fsp3) is 0.103. The first kappa shape index (κ1) is 24.6. The summed E-state index contributed by atoms with van der Waals surface area (Å²) < 4.78 is 13.8. The van der Waals surface area contributed by atoms with Crippen molar-refractivity contribution in [3.8, 4) is 16.9 Å². The monoisotopic (exact) mass is 539 g/mol.